The largest absolute Gasteiger partial charge is 0.469 e. The molecule has 0 fully saturated rings. The molecule has 0 spiro atoms. The molecule has 3 rings (SSSR count). The van der Waals surface area contributed by atoms with Gasteiger partial charge in [-0.25, -0.2) is 0 Å². The van der Waals surface area contributed by atoms with E-state index in [1.807, 2.05) is 30.3 Å². The molecule has 0 radical (unpaired) electrons. The molecule has 2 heterocycles. The Bertz CT molecular complexity index is 709. The predicted octanol–water partition coefficient (Wildman–Crippen LogP) is 4.10. The lowest BCUT2D eigenvalue weighted by molar-refractivity contribution is 0.452. The molecule has 2 aromatic heterocycles. The van der Waals surface area contributed by atoms with Crippen molar-refractivity contribution < 1.29 is 4.42 Å². The Kier molecular flexibility index (Phi) is 2.80. The van der Waals surface area contributed by atoms with E-state index in [1.165, 1.54) is 0 Å². The van der Waals surface area contributed by atoms with Crippen LogP contribution in [0.15, 0.2) is 47.1 Å². The van der Waals surface area contributed by atoms with Gasteiger partial charge in [0.25, 0.3) is 0 Å². The van der Waals surface area contributed by atoms with Crippen molar-refractivity contribution in [2.24, 2.45) is 0 Å². The fourth-order valence-corrected chi connectivity index (χ4v) is 2.71. The summed E-state index contributed by atoms with van der Waals surface area (Å²) in [6.07, 6.45) is 2.54. The number of para-hydroxylation sites is 2. The first-order valence-corrected chi connectivity index (χ1v) is 6.38. The number of fused-ring (bicyclic) bond motifs is 1. The molecule has 92 valence electrons. The summed E-state index contributed by atoms with van der Waals surface area (Å²) in [4.78, 5) is 3.23. The molecule has 0 bridgehead atoms. The molecule has 0 aliphatic carbocycles. The smallest absolute Gasteiger partial charge is 0.178 e. The summed E-state index contributed by atoms with van der Waals surface area (Å²) in [5, 5.41) is 0. The van der Waals surface area contributed by atoms with Gasteiger partial charge in [-0.2, -0.15) is 0 Å². The van der Waals surface area contributed by atoms with Crippen LogP contribution in [-0.4, -0.2) is 9.55 Å². The van der Waals surface area contributed by atoms with Crippen molar-refractivity contribution in [3.8, 4) is 0 Å². The lowest BCUT2D eigenvalue weighted by Gasteiger charge is -2.13. The molecule has 3 aromatic rings. The lowest BCUT2D eigenvalue weighted by atomic mass is 10.2. The molecule has 0 saturated carbocycles. The van der Waals surface area contributed by atoms with E-state index in [0.717, 1.165) is 28.0 Å². The molecule has 1 unspecified atom stereocenters. The van der Waals surface area contributed by atoms with Gasteiger partial charge in [0.05, 0.1) is 17.3 Å². The van der Waals surface area contributed by atoms with Gasteiger partial charge in [0.1, 0.15) is 5.76 Å². The third-order valence-electron chi connectivity index (χ3n) is 3.14. The van der Waals surface area contributed by atoms with Crippen LogP contribution in [0.3, 0.4) is 0 Å². The van der Waals surface area contributed by atoms with E-state index in [2.05, 4.69) is 22.5 Å². The van der Waals surface area contributed by atoms with E-state index in [9.17, 15) is 0 Å². The number of imidazole rings is 1. The molecule has 0 aliphatic rings. The maximum atomic E-state index is 5.40. The summed E-state index contributed by atoms with van der Waals surface area (Å²) in [5.41, 5.74) is 2.22. The first-order valence-electron chi connectivity index (χ1n) is 5.97. The van der Waals surface area contributed by atoms with Crippen molar-refractivity contribution in [2.45, 2.75) is 19.4 Å². The van der Waals surface area contributed by atoms with Gasteiger partial charge < -0.3 is 14.0 Å². The Balaban J connectivity index is 2.03. The average molecular weight is 258 g/mol. The minimum atomic E-state index is 0.264. The molecular weight excluding hydrogens is 244 g/mol. The normalized spacial score (nSPS) is 12.9. The number of H-pyrrole nitrogens is 1. The number of rotatable bonds is 3. The molecule has 1 atom stereocenters. The third-order valence-corrected chi connectivity index (χ3v) is 3.44. The molecular formula is C14H14N2OS. The minimum Gasteiger partial charge on any atom is -0.469 e. The molecule has 1 aromatic carbocycles. The van der Waals surface area contributed by atoms with E-state index in [0.29, 0.717) is 0 Å². The first kappa shape index (κ1) is 11.3. The average Bonchev–Trinajstić information content (AvgIpc) is 2.94. The maximum Gasteiger partial charge on any atom is 0.178 e. The van der Waals surface area contributed by atoms with Crippen molar-refractivity contribution in [3.05, 3.63) is 53.2 Å². The van der Waals surface area contributed by atoms with Crippen molar-refractivity contribution in [3.63, 3.8) is 0 Å². The number of benzene rings is 1. The number of nitrogens with zero attached hydrogens (tertiary/aromatic N) is 1. The van der Waals surface area contributed by atoms with Crippen LogP contribution in [0.5, 0.6) is 0 Å². The number of aromatic nitrogens is 2. The zero-order valence-electron chi connectivity index (χ0n) is 10.1. The number of furan rings is 1. The Morgan fingerprint density at radius 3 is 2.89 bits per heavy atom. The van der Waals surface area contributed by atoms with Gasteiger partial charge in [0.2, 0.25) is 0 Å². The fourth-order valence-electron chi connectivity index (χ4n) is 2.32. The van der Waals surface area contributed by atoms with Gasteiger partial charge in [-0.1, -0.05) is 12.1 Å². The van der Waals surface area contributed by atoms with Crippen molar-refractivity contribution >= 4 is 23.3 Å². The number of nitrogens with one attached hydrogen (secondary N) is 1. The van der Waals surface area contributed by atoms with Gasteiger partial charge >= 0.3 is 0 Å². The topological polar surface area (TPSA) is 33.9 Å². The predicted molar refractivity (Wildman–Crippen MR) is 74.2 cm³/mol. The summed E-state index contributed by atoms with van der Waals surface area (Å²) in [6.45, 7) is 2.15. The van der Waals surface area contributed by atoms with Gasteiger partial charge in [-0.3, -0.25) is 0 Å². The van der Waals surface area contributed by atoms with E-state index >= 15 is 0 Å². The Hall–Kier alpha value is -1.81. The van der Waals surface area contributed by atoms with Gasteiger partial charge in [-0.15, -0.1) is 0 Å². The van der Waals surface area contributed by atoms with Gasteiger partial charge in [-0.05, 0) is 43.4 Å². The Morgan fingerprint density at radius 1 is 1.28 bits per heavy atom. The molecule has 0 amide bonds. The second-order valence-electron chi connectivity index (χ2n) is 4.45. The number of hydrogen-bond donors (Lipinski definition) is 1. The molecule has 0 saturated heterocycles. The second-order valence-corrected chi connectivity index (χ2v) is 4.84. The standard InChI is InChI=1S/C14H14N2OS/c1-10(9-11-5-4-8-17-11)16-13-7-3-2-6-12(13)15-14(16)18/h2-8,10H,9H2,1H3,(H,15,18). The van der Waals surface area contributed by atoms with Crippen molar-refractivity contribution in [1.29, 1.82) is 0 Å². The van der Waals surface area contributed by atoms with Crippen molar-refractivity contribution in [2.75, 3.05) is 0 Å². The fraction of sp³-hybridized carbons (Fsp3) is 0.214. The zero-order valence-corrected chi connectivity index (χ0v) is 10.9. The molecule has 4 heteroatoms. The highest BCUT2D eigenvalue weighted by molar-refractivity contribution is 7.71. The van der Waals surface area contributed by atoms with E-state index in [4.69, 9.17) is 16.6 Å². The van der Waals surface area contributed by atoms with E-state index in [-0.39, 0.29) is 6.04 Å². The molecule has 1 N–H and O–H groups in total. The highest BCUT2D eigenvalue weighted by Gasteiger charge is 2.12. The van der Waals surface area contributed by atoms with E-state index in [1.54, 1.807) is 6.26 Å². The highest BCUT2D eigenvalue weighted by atomic mass is 32.1. The number of aromatic amines is 1. The van der Waals surface area contributed by atoms with Crippen LogP contribution in [0.4, 0.5) is 0 Å². The van der Waals surface area contributed by atoms with Crippen LogP contribution >= 0.6 is 12.2 Å². The SMILES string of the molecule is CC(Cc1ccco1)n1c(=S)[nH]c2ccccc21. The first-order chi connectivity index (χ1) is 8.75. The van der Waals surface area contributed by atoms with Gasteiger partial charge in [0.15, 0.2) is 4.77 Å². The summed E-state index contributed by atoms with van der Waals surface area (Å²) in [7, 11) is 0. The van der Waals surface area contributed by atoms with Crippen LogP contribution < -0.4 is 0 Å². The van der Waals surface area contributed by atoms with E-state index < -0.39 is 0 Å². The van der Waals surface area contributed by atoms with Crippen LogP contribution in [0.1, 0.15) is 18.7 Å². The zero-order chi connectivity index (χ0) is 12.5. The van der Waals surface area contributed by atoms with Gasteiger partial charge in [0, 0.05) is 12.5 Å². The second kappa shape index (κ2) is 4.46. The summed E-state index contributed by atoms with van der Waals surface area (Å²) in [5.74, 6) is 0.981. The summed E-state index contributed by atoms with van der Waals surface area (Å²) in [6, 6.07) is 12.3. The summed E-state index contributed by atoms with van der Waals surface area (Å²) >= 11 is 5.40. The monoisotopic (exact) mass is 258 g/mol. The van der Waals surface area contributed by atoms with Crippen LogP contribution in [0.2, 0.25) is 0 Å². The Morgan fingerprint density at radius 2 is 2.11 bits per heavy atom. The lowest BCUT2D eigenvalue weighted by Crippen LogP contribution is -2.07. The minimum absolute atomic E-state index is 0.264. The molecule has 18 heavy (non-hydrogen) atoms. The summed E-state index contributed by atoms with van der Waals surface area (Å²) < 4.78 is 8.30. The highest BCUT2D eigenvalue weighted by Crippen LogP contribution is 2.21. The number of hydrogen-bond acceptors (Lipinski definition) is 2. The van der Waals surface area contributed by atoms with Crippen LogP contribution in [0, 0.1) is 4.77 Å². The van der Waals surface area contributed by atoms with Crippen molar-refractivity contribution in [1.82, 2.24) is 9.55 Å². The third kappa shape index (κ3) is 1.88. The van der Waals surface area contributed by atoms with Crippen LogP contribution in [-0.2, 0) is 6.42 Å². The molecule has 0 aliphatic heterocycles. The Labute approximate surface area is 110 Å². The quantitative estimate of drug-likeness (QED) is 0.718. The molecule has 3 nitrogen and oxygen atoms in total. The van der Waals surface area contributed by atoms with Crippen LogP contribution in [0.25, 0.3) is 11.0 Å². The maximum absolute atomic E-state index is 5.40.